The summed E-state index contributed by atoms with van der Waals surface area (Å²) in [7, 11) is 0. The lowest BCUT2D eigenvalue weighted by Gasteiger charge is -2.23. The molecule has 0 N–H and O–H groups in total. The Morgan fingerprint density at radius 1 is 0.758 bits per heavy atom. The zero-order valence-corrected chi connectivity index (χ0v) is 18.2. The van der Waals surface area contributed by atoms with Crippen LogP contribution in [0, 0.1) is 0 Å². The van der Waals surface area contributed by atoms with Crippen molar-refractivity contribution in [1.82, 2.24) is 0 Å². The van der Waals surface area contributed by atoms with Gasteiger partial charge >= 0.3 is 6.09 Å². The second-order valence-corrected chi connectivity index (χ2v) is 8.69. The summed E-state index contributed by atoms with van der Waals surface area (Å²) < 4.78 is 6.01. The van der Waals surface area contributed by atoms with Crippen LogP contribution in [0.1, 0.15) is 28.4 Å². The summed E-state index contributed by atoms with van der Waals surface area (Å²) in [5, 5.41) is 0. The standard InChI is InChI=1S/C28H18ClNO3/c29-28(18-10-2-1-3-11-18)23-16-8-9-17-24(23)30(26(28)31)27(32)33-25-21-14-6-4-12-19(21)20-13-5-7-15-22(20)25/h1-17,25H. The number of benzene rings is 4. The van der Waals surface area contributed by atoms with E-state index >= 15 is 0 Å². The maximum absolute atomic E-state index is 13.7. The van der Waals surface area contributed by atoms with Gasteiger partial charge in [0, 0.05) is 16.7 Å². The molecule has 6 rings (SSSR count). The van der Waals surface area contributed by atoms with Crippen molar-refractivity contribution in [3.63, 3.8) is 0 Å². The molecule has 2 amide bonds. The van der Waals surface area contributed by atoms with Gasteiger partial charge < -0.3 is 4.74 Å². The molecule has 5 heteroatoms. The minimum Gasteiger partial charge on any atom is -0.436 e. The number of nitrogens with zero attached hydrogens (tertiary/aromatic N) is 1. The lowest BCUT2D eigenvalue weighted by Crippen LogP contribution is -2.41. The lowest BCUT2D eigenvalue weighted by molar-refractivity contribution is -0.119. The Morgan fingerprint density at radius 3 is 1.97 bits per heavy atom. The molecule has 33 heavy (non-hydrogen) atoms. The Morgan fingerprint density at radius 2 is 1.30 bits per heavy atom. The first-order chi connectivity index (χ1) is 16.1. The summed E-state index contributed by atoms with van der Waals surface area (Å²) in [6.07, 6.45) is -1.35. The molecular formula is C28H18ClNO3. The molecule has 1 aliphatic carbocycles. The van der Waals surface area contributed by atoms with Gasteiger partial charge in [-0.25, -0.2) is 9.69 Å². The highest BCUT2D eigenvalue weighted by Gasteiger charge is 2.54. The van der Waals surface area contributed by atoms with E-state index in [1.54, 1.807) is 30.3 Å². The summed E-state index contributed by atoms with van der Waals surface area (Å²) >= 11 is 7.00. The molecule has 0 bridgehead atoms. The van der Waals surface area contributed by atoms with Crippen molar-refractivity contribution < 1.29 is 14.3 Å². The average Bonchev–Trinajstić information content (AvgIpc) is 3.30. The number of halogens is 1. The highest BCUT2D eigenvalue weighted by Crippen LogP contribution is 2.50. The Hall–Kier alpha value is -3.89. The van der Waals surface area contributed by atoms with Crippen LogP contribution < -0.4 is 4.90 Å². The number of imide groups is 1. The predicted octanol–water partition coefficient (Wildman–Crippen LogP) is 6.42. The number of ether oxygens (including phenoxy) is 1. The fraction of sp³-hybridized carbons (Fsp3) is 0.0714. The molecule has 1 aliphatic heterocycles. The summed E-state index contributed by atoms with van der Waals surface area (Å²) in [5.74, 6) is -0.541. The summed E-state index contributed by atoms with van der Waals surface area (Å²) in [5.41, 5.74) is 5.44. The van der Waals surface area contributed by atoms with Crippen LogP contribution in [0.4, 0.5) is 10.5 Å². The molecule has 0 aromatic heterocycles. The number of anilines is 1. The molecule has 1 unspecified atom stereocenters. The first-order valence-electron chi connectivity index (χ1n) is 10.7. The van der Waals surface area contributed by atoms with E-state index in [9.17, 15) is 9.59 Å². The SMILES string of the molecule is O=C(OC1c2ccccc2-c2ccccc21)N1C(=O)C(Cl)(c2ccccc2)c2ccccc21. The number of hydrogen-bond donors (Lipinski definition) is 0. The average molecular weight is 452 g/mol. The van der Waals surface area contributed by atoms with Crippen molar-refractivity contribution in [2.45, 2.75) is 11.0 Å². The van der Waals surface area contributed by atoms with Crippen LogP contribution in [0.2, 0.25) is 0 Å². The van der Waals surface area contributed by atoms with E-state index in [1.807, 2.05) is 72.8 Å². The zero-order valence-electron chi connectivity index (χ0n) is 17.4. The van der Waals surface area contributed by atoms with Crippen LogP contribution in [0.15, 0.2) is 103 Å². The quantitative estimate of drug-likeness (QED) is 0.330. The van der Waals surface area contributed by atoms with Crippen molar-refractivity contribution in [2.24, 2.45) is 0 Å². The smallest absolute Gasteiger partial charge is 0.422 e. The number of carbonyl (C=O) groups is 2. The van der Waals surface area contributed by atoms with Crippen molar-refractivity contribution >= 4 is 29.3 Å². The number of carbonyl (C=O) groups excluding carboxylic acids is 2. The molecule has 4 aromatic carbocycles. The molecule has 0 radical (unpaired) electrons. The second-order valence-electron chi connectivity index (χ2n) is 8.12. The summed E-state index contributed by atoms with van der Waals surface area (Å²) in [6.45, 7) is 0. The third-order valence-corrected chi connectivity index (χ3v) is 6.95. The molecule has 1 atom stereocenters. The molecule has 1 heterocycles. The minimum atomic E-state index is -1.50. The van der Waals surface area contributed by atoms with Crippen LogP contribution in [0.25, 0.3) is 11.1 Å². The number of para-hydroxylation sites is 1. The molecule has 0 fully saturated rings. The number of alkyl halides is 1. The van der Waals surface area contributed by atoms with Gasteiger partial charge in [0.1, 0.15) is 0 Å². The Bertz CT molecular complexity index is 1370. The Balaban J connectivity index is 1.42. The highest BCUT2D eigenvalue weighted by atomic mass is 35.5. The third-order valence-electron chi connectivity index (χ3n) is 6.36. The monoisotopic (exact) mass is 451 g/mol. The largest absolute Gasteiger partial charge is 0.436 e. The van der Waals surface area contributed by atoms with E-state index in [0.717, 1.165) is 27.2 Å². The predicted molar refractivity (Wildman–Crippen MR) is 127 cm³/mol. The second kappa shape index (κ2) is 7.32. The maximum Gasteiger partial charge on any atom is 0.422 e. The van der Waals surface area contributed by atoms with Crippen molar-refractivity contribution in [1.29, 1.82) is 0 Å². The molecule has 2 aliphatic rings. The van der Waals surface area contributed by atoms with E-state index in [0.29, 0.717) is 16.8 Å². The molecule has 160 valence electrons. The van der Waals surface area contributed by atoms with Gasteiger partial charge in [0.2, 0.25) is 0 Å². The number of amides is 2. The Labute approximate surface area is 196 Å². The van der Waals surface area contributed by atoms with E-state index in [1.165, 1.54) is 0 Å². The minimum absolute atomic E-state index is 0.436. The van der Waals surface area contributed by atoms with Gasteiger partial charge in [0.15, 0.2) is 11.0 Å². The van der Waals surface area contributed by atoms with E-state index in [-0.39, 0.29) is 0 Å². The molecule has 0 spiro atoms. The number of fused-ring (bicyclic) bond motifs is 4. The number of hydrogen-bond acceptors (Lipinski definition) is 3. The Kier molecular flexibility index (Phi) is 4.39. The fourth-order valence-corrected chi connectivity index (χ4v) is 5.23. The van der Waals surface area contributed by atoms with Gasteiger partial charge in [0.25, 0.3) is 5.91 Å². The van der Waals surface area contributed by atoms with Crippen molar-refractivity contribution in [3.05, 3.63) is 125 Å². The van der Waals surface area contributed by atoms with Gasteiger partial charge in [-0.3, -0.25) is 4.79 Å². The molecule has 4 aromatic rings. The number of rotatable bonds is 2. The fourth-order valence-electron chi connectivity index (χ4n) is 4.86. The van der Waals surface area contributed by atoms with Crippen molar-refractivity contribution in [3.8, 4) is 11.1 Å². The third kappa shape index (κ3) is 2.77. The first-order valence-corrected chi connectivity index (χ1v) is 11.1. The van der Waals surface area contributed by atoms with Crippen LogP contribution in [-0.2, 0) is 14.4 Å². The lowest BCUT2D eigenvalue weighted by atomic mass is 9.92. The molecule has 4 nitrogen and oxygen atoms in total. The first kappa shape index (κ1) is 19.8. The van der Waals surface area contributed by atoms with Crippen LogP contribution in [0.3, 0.4) is 0 Å². The van der Waals surface area contributed by atoms with Gasteiger partial charge in [-0.05, 0) is 22.8 Å². The van der Waals surface area contributed by atoms with Gasteiger partial charge in [-0.2, -0.15) is 0 Å². The van der Waals surface area contributed by atoms with Gasteiger partial charge in [0.05, 0.1) is 5.69 Å². The van der Waals surface area contributed by atoms with E-state index < -0.39 is 23.0 Å². The van der Waals surface area contributed by atoms with Crippen LogP contribution >= 0.6 is 11.6 Å². The maximum atomic E-state index is 13.7. The zero-order chi connectivity index (χ0) is 22.6. The normalized spacial score (nSPS) is 18.6. The van der Waals surface area contributed by atoms with Crippen LogP contribution in [0.5, 0.6) is 0 Å². The molecule has 0 saturated heterocycles. The summed E-state index contributed by atoms with van der Waals surface area (Å²) in [6, 6.07) is 31.8. The van der Waals surface area contributed by atoms with Crippen LogP contribution in [-0.4, -0.2) is 12.0 Å². The van der Waals surface area contributed by atoms with Crippen molar-refractivity contribution in [2.75, 3.05) is 4.90 Å². The highest BCUT2D eigenvalue weighted by molar-refractivity contribution is 6.44. The van der Waals surface area contributed by atoms with Gasteiger partial charge in [-0.15, -0.1) is 0 Å². The molecule has 0 saturated carbocycles. The van der Waals surface area contributed by atoms with E-state index in [4.69, 9.17) is 16.3 Å². The topological polar surface area (TPSA) is 46.6 Å². The summed E-state index contributed by atoms with van der Waals surface area (Å²) in [4.78, 5) is 26.8. The van der Waals surface area contributed by atoms with E-state index in [2.05, 4.69) is 0 Å². The molecular weight excluding hydrogens is 434 g/mol. The van der Waals surface area contributed by atoms with Gasteiger partial charge in [-0.1, -0.05) is 109 Å².